The lowest BCUT2D eigenvalue weighted by Gasteiger charge is -2.30. The topological polar surface area (TPSA) is 49.8 Å². The Hall–Kier alpha value is -0.610. The molecule has 1 unspecified atom stereocenters. The summed E-state index contributed by atoms with van der Waals surface area (Å²) < 4.78 is 4.80. The molecule has 0 aromatic heterocycles. The normalized spacial score (nSPS) is 18.8. The molecule has 0 bridgehead atoms. The fraction of sp³-hybridized carbons (Fsp3) is 0.900. The Balaban J connectivity index is 2.25. The van der Waals surface area contributed by atoms with Crippen LogP contribution in [-0.2, 0) is 9.53 Å². The Morgan fingerprint density at radius 1 is 1.64 bits per heavy atom. The Kier molecular flexibility index (Phi) is 4.35. The van der Waals surface area contributed by atoms with E-state index in [1.165, 1.54) is 7.11 Å². The van der Waals surface area contributed by atoms with Crippen molar-refractivity contribution in [2.24, 2.45) is 5.92 Å². The Morgan fingerprint density at radius 2 is 2.29 bits per heavy atom. The van der Waals surface area contributed by atoms with Crippen molar-refractivity contribution in [1.29, 1.82) is 0 Å². The number of carbonyl (C=O) groups excluding carboxylic acids is 1. The van der Waals surface area contributed by atoms with Gasteiger partial charge in [0, 0.05) is 26.6 Å². The number of aliphatic hydroxyl groups excluding tert-OH is 1. The molecule has 1 N–H and O–H groups in total. The van der Waals surface area contributed by atoms with E-state index in [1.54, 1.807) is 11.9 Å². The van der Waals surface area contributed by atoms with Gasteiger partial charge >= 0.3 is 0 Å². The van der Waals surface area contributed by atoms with E-state index in [2.05, 4.69) is 0 Å². The average Bonchev–Trinajstić information content (AvgIpc) is 2.01. The molecule has 1 rings (SSSR count). The van der Waals surface area contributed by atoms with Crippen molar-refractivity contribution in [2.45, 2.75) is 25.4 Å². The van der Waals surface area contributed by atoms with Gasteiger partial charge in [0.15, 0.2) is 0 Å². The smallest absolute Gasteiger partial charge is 0.225 e. The highest BCUT2D eigenvalue weighted by molar-refractivity contribution is 5.79. The molecular formula is C10H19NO3. The molecule has 0 aliphatic heterocycles. The monoisotopic (exact) mass is 201 g/mol. The minimum atomic E-state index is -0.575. The summed E-state index contributed by atoms with van der Waals surface area (Å²) in [6.45, 7) is 0.644. The van der Waals surface area contributed by atoms with Gasteiger partial charge in [-0.2, -0.15) is 0 Å². The molecule has 1 atom stereocenters. The fourth-order valence-electron chi connectivity index (χ4n) is 1.62. The zero-order valence-electron chi connectivity index (χ0n) is 8.90. The second-order valence-electron chi connectivity index (χ2n) is 3.96. The quantitative estimate of drug-likeness (QED) is 0.693. The molecule has 4 heteroatoms. The number of rotatable bonds is 5. The molecular weight excluding hydrogens is 182 g/mol. The van der Waals surface area contributed by atoms with E-state index in [0.29, 0.717) is 6.54 Å². The van der Waals surface area contributed by atoms with Gasteiger partial charge in [0.1, 0.15) is 0 Å². The van der Waals surface area contributed by atoms with Crippen LogP contribution in [0.4, 0.5) is 0 Å². The zero-order valence-corrected chi connectivity index (χ0v) is 8.90. The second kappa shape index (κ2) is 5.32. The Bertz CT molecular complexity index is 192. The predicted molar refractivity (Wildman–Crippen MR) is 52.9 cm³/mol. The van der Waals surface area contributed by atoms with Crippen molar-refractivity contribution >= 4 is 5.91 Å². The van der Waals surface area contributed by atoms with Crippen LogP contribution in [0.15, 0.2) is 0 Å². The summed E-state index contributed by atoms with van der Waals surface area (Å²) in [7, 11) is 3.27. The minimum absolute atomic E-state index is 0.159. The summed E-state index contributed by atoms with van der Waals surface area (Å²) in [5.74, 6) is 0.362. The van der Waals surface area contributed by atoms with Crippen molar-refractivity contribution in [3.8, 4) is 0 Å². The standard InChI is InChI=1S/C10H19NO3/c1-11(6-9(12)7-14-2)10(13)8-4-3-5-8/h8-9,12H,3-7H2,1-2H3. The first kappa shape index (κ1) is 11.5. The molecule has 0 radical (unpaired) electrons. The highest BCUT2D eigenvalue weighted by Crippen LogP contribution is 2.27. The molecule has 82 valence electrons. The third-order valence-corrected chi connectivity index (χ3v) is 2.67. The van der Waals surface area contributed by atoms with Gasteiger partial charge in [-0.1, -0.05) is 6.42 Å². The van der Waals surface area contributed by atoms with E-state index in [9.17, 15) is 9.90 Å². The number of hydrogen-bond acceptors (Lipinski definition) is 3. The van der Waals surface area contributed by atoms with Gasteiger partial charge in [-0.3, -0.25) is 4.79 Å². The number of ether oxygens (including phenoxy) is 1. The van der Waals surface area contributed by atoms with Crippen LogP contribution in [0, 0.1) is 5.92 Å². The molecule has 1 aliphatic carbocycles. The largest absolute Gasteiger partial charge is 0.389 e. The first-order chi connectivity index (χ1) is 6.65. The van der Waals surface area contributed by atoms with Gasteiger partial charge in [0.25, 0.3) is 0 Å². The van der Waals surface area contributed by atoms with Gasteiger partial charge in [-0.25, -0.2) is 0 Å². The van der Waals surface area contributed by atoms with Crippen molar-refractivity contribution in [3.63, 3.8) is 0 Å². The lowest BCUT2D eigenvalue weighted by Crippen LogP contribution is -2.41. The number of amides is 1. The SMILES string of the molecule is COCC(O)CN(C)C(=O)C1CCC1. The van der Waals surface area contributed by atoms with E-state index in [4.69, 9.17) is 4.74 Å². The van der Waals surface area contributed by atoms with Gasteiger partial charge in [0.2, 0.25) is 5.91 Å². The third kappa shape index (κ3) is 2.96. The lowest BCUT2D eigenvalue weighted by atomic mass is 9.84. The van der Waals surface area contributed by atoms with Crippen molar-refractivity contribution in [1.82, 2.24) is 4.90 Å². The summed E-state index contributed by atoms with van der Waals surface area (Å²) in [5, 5.41) is 9.42. The number of hydrogen-bond donors (Lipinski definition) is 1. The number of likely N-dealkylation sites (N-methyl/N-ethyl adjacent to an activating group) is 1. The molecule has 0 aromatic rings. The van der Waals surface area contributed by atoms with Crippen LogP contribution in [0.1, 0.15) is 19.3 Å². The van der Waals surface area contributed by atoms with E-state index in [-0.39, 0.29) is 18.4 Å². The highest BCUT2D eigenvalue weighted by Gasteiger charge is 2.28. The molecule has 1 amide bonds. The van der Waals surface area contributed by atoms with Crippen LogP contribution in [0.2, 0.25) is 0 Å². The van der Waals surface area contributed by atoms with Crippen LogP contribution in [-0.4, -0.2) is 49.3 Å². The number of carbonyl (C=O) groups is 1. The molecule has 1 saturated carbocycles. The molecule has 4 nitrogen and oxygen atoms in total. The molecule has 14 heavy (non-hydrogen) atoms. The fourth-order valence-corrected chi connectivity index (χ4v) is 1.62. The molecule has 1 aliphatic rings. The average molecular weight is 201 g/mol. The summed E-state index contributed by atoms with van der Waals surface area (Å²) >= 11 is 0. The summed E-state index contributed by atoms with van der Waals surface area (Å²) in [5.41, 5.74) is 0. The maximum absolute atomic E-state index is 11.6. The van der Waals surface area contributed by atoms with Crippen LogP contribution in [0.25, 0.3) is 0 Å². The van der Waals surface area contributed by atoms with Gasteiger partial charge in [-0.15, -0.1) is 0 Å². The van der Waals surface area contributed by atoms with Crippen molar-refractivity contribution < 1.29 is 14.6 Å². The molecule has 0 heterocycles. The number of methoxy groups -OCH3 is 1. The van der Waals surface area contributed by atoms with Gasteiger partial charge in [-0.05, 0) is 12.8 Å². The van der Waals surface area contributed by atoms with E-state index in [1.807, 2.05) is 0 Å². The van der Waals surface area contributed by atoms with E-state index >= 15 is 0 Å². The zero-order chi connectivity index (χ0) is 10.6. The number of nitrogens with zero attached hydrogens (tertiary/aromatic N) is 1. The Morgan fingerprint density at radius 3 is 2.71 bits per heavy atom. The summed E-state index contributed by atoms with van der Waals surface area (Å²) in [6.07, 6.45) is 2.59. The van der Waals surface area contributed by atoms with Crippen LogP contribution >= 0.6 is 0 Å². The van der Waals surface area contributed by atoms with Gasteiger partial charge < -0.3 is 14.7 Å². The number of aliphatic hydroxyl groups is 1. The van der Waals surface area contributed by atoms with E-state index in [0.717, 1.165) is 19.3 Å². The van der Waals surface area contributed by atoms with Crippen molar-refractivity contribution in [3.05, 3.63) is 0 Å². The second-order valence-corrected chi connectivity index (χ2v) is 3.96. The molecule has 0 saturated heterocycles. The molecule has 1 fully saturated rings. The minimum Gasteiger partial charge on any atom is -0.389 e. The Labute approximate surface area is 84.8 Å². The molecule has 0 aromatic carbocycles. The van der Waals surface area contributed by atoms with Crippen LogP contribution in [0.5, 0.6) is 0 Å². The van der Waals surface area contributed by atoms with Crippen molar-refractivity contribution in [2.75, 3.05) is 27.3 Å². The third-order valence-electron chi connectivity index (χ3n) is 2.67. The first-order valence-electron chi connectivity index (χ1n) is 5.07. The van der Waals surface area contributed by atoms with E-state index < -0.39 is 6.10 Å². The van der Waals surface area contributed by atoms with Crippen LogP contribution < -0.4 is 0 Å². The first-order valence-corrected chi connectivity index (χ1v) is 5.07. The van der Waals surface area contributed by atoms with Crippen LogP contribution in [0.3, 0.4) is 0 Å². The highest BCUT2D eigenvalue weighted by atomic mass is 16.5. The lowest BCUT2D eigenvalue weighted by molar-refractivity contribution is -0.138. The van der Waals surface area contributed by atoms with Gasteiger partial charge in [0.05, 0.1) is 12.7 Å². The maximum Gasteiger partial charge on any atom is 0.225 e. The summed E-state index contributed by atoms with van der Waals surface area (Å²) in [6, 6.07) is 0. The predicted octanol–water partition coefficient (Wildman–Crippen LogP) is 0.252. The summed E-state index contributed by atoms with van der Waals surface area (Å²) in [4.78, 5) is 13.2. The maximum atomic E-state index is 11.6. The molecule has 0 spiro atoms.